The zero-order valence-corrected chi connectivity index (χ0v) is 5.57. The summed E-state index contributed by atoms with van der Waals surface area (Å²) < 4.78 is 0. The Kier molecular flexibility index (Phi) is 3.43. The van der Waals surface area contributed by atoms with E-state index in [2.05, 4.69) is 0 Å². The third-order valence-electron chi connectivity index (χ3n) is 1.00. The number of carbonyl (C=O) groups excluding carboxylic acids is 2. The van der Waals surface area contributed by atoms with E-state index in [0.717, 1.165) is 0 Å². The van der Waals surface area contributed by atoms with E-state index in [1.807, 2.05) is 0 Å². The van der Waals surface area contributed by atoms with Crippen LogP contribution in [0.25, 0.3) is 0 Å². The van der Waals surface area contributed by atoms with E-state index in [9.17, 15) is 9.59 Å². The Morgan fingerprint density at radius 1 is 1.33 bits per heavy atom. The highest BCUT2D eigenvalue weighted by Gasteiger charge is 2.00. The van der Waals surface area contributed by atoms with E-state index in [1.165, 1.54) is 17.1 Å². The fourth-order valence-corrected chi connectivity index (χ4v) is 0.433. The number of hydrogen-bond acceptors (Lipinski definition) is 2. The standard InChI is InChI=1S/C5H10N2O2/c1-3-7(5-9)6(2)4-8/h4-5H,3H2,1-2H3. The number of amides is 2. The molecule has 0 fully saturated rings. The first-order valence-electron chi connectivity index (χ1n) is 2.66. The highest BCUT2D eigenvalue weighted by molar-refractivity contribution is 5.53. The SMILES string of the molecule is CCN(C=O)N(C)C=O. The quantitative estimate of drug-likeness (QED) is 0.379. The summed E-state index contributed by atoms with van der Waals surface area (Å²) >= 11 is 0. The van der Waals surface area contributed by atoms with Gasteiger partial charge in [-0.05, 0) is 6.92 Å². The Labute approximate surface area is 54.0 Å². The lowest BCUT2D eigenvalue weighted by molar-refractivity contribution is -0.143. The Hall–Kier alpha value is -1.06. The summed E-state index contributed by atoms with van der Waals surface area (Å²) in [6, 6.07) is 0. The molecule has 0 bridgehead atoms. The zero-order chi connectivity index (χ0) is 7.28. The summed E-state index contributed by atoms with van der Waals surface area (Å²) in [5.41, 5.74) is 0. The van der Waals surface area contributed by atoms with Crippen LogP contribution in [-0.4, -0.2) is 36.4 Å². The first-order chi connectivity index (χ1) is 4.26. The van der Waals surface area contributed by atoms with Gasteiger partial charge in [-0.2, -0.15) is 0 Å². The molecule has 0 heterocycles. The molecule has 0 N–H and O–H groups in total. The maximum atomic E-state index is 10.1. The summed E-state index contributed by atoms with van der Waals surface area (Å²) in [6.45, 7) is 2.30. The van der Waals surface area contributed by atoms with Crippen LogP contribution < -0.4 is 0 Å². The second-order valence-electron chi connectivity index (χ2n) is 1.54. The van der Waals surface area contributed by atoms with E-state index in [4.69, 9.17) is 0 Å². The predicted octanol–water partition coefficient (Wildman–Crippen LogP) is -0.532. The van der Waals surface area contributed by atoms with E-state index < -0.39 is 0 Å². The lowest BCUT2D eigenvalue weighted by Gasteiger charge is -2.22. The molecule has 0 aliphatic carbocycles. The lowest BCUT2D eigenvalue weighted by Crippen LogP contribution is -2.37. The number of hydrazine groups is 1. The molecule has 0 saturated heterocycles. The zero-order valence-electron chi connectivity index (χ0n) is 5.57. The van der Waals surface area contributed by atoms with Crippen LogP contribution in [0.2, 0.25) is 0 Å². The molecule has 0 saturated carbocycles. The minimum absolute atomic E-state index is 0.513. The first-order valence-corrected chi connectivity index (χ1v) is 2.66. The second-order valence-corrected chi connectivity index (χ2v) is 1.54. The van der Waals surface area contributed by atoms with Crippen molar-refractivity contribution in [2.24, 2.45) is 0 Å². The highest BCUT2D eigenvalue weighted by atomic mass is 16.2. The number of rotatable bonds is 4. The van der Waals surface area contributed by atoms with Crippen molar-refractivity contribution in [3.8, 4) is 0 Å². The van der Waals surface area contributed by atoms with Crippen molar-refractivity contribution in [3.63, 3.8) is 0 Å². The molecule has 52 valence electrons. The minimum Gasteiger partial charge on any atom is -0.277 e. The van der Waals surface area contributed by atoms with Gasteiger partial charge in [0.2, 0.25) is 12.8 Å². The van der Waals surface area contributed by atoms with Crippen molar-refractivity contribution in [2.75, 3.05) is 13.6 Å². The van der Waals surface area contributed by atoms with Gasteiger partial charge in [-0.15, -0.1) is 0 Å². The fourth-order valence-electron chi connectivity index (χ4n) is 0.433. The van der Waals surface area contributed by atoms with Crippen LogP contribution in [0.15, 0.2) is 0 Å². The largest absolute Gasteiger partial charge is 0.277 e. The van der Waals surface area contributed by atoms with E-state index in [1.54, 1.807) is 6.92 Å². The average Bonchev–Trinajstić information content (AvgIpc) is 1.90. The molecular formula is C5H10N2O2. The molecule has 0 aliphatic heterocycles. The van der Waals surface area contributed by atoms with Gasteiger partial charge in [0.15, 0.2) is 0 Å². The summed E-state index contributed by atoms with van der Waals surface area (Å²) in [7, 11) is 1.52. The number of hydrogen-bond donors (Lipinski definition) is 0. The van der Waals surface area contributed by atoms with Crippen LogP contribution in [0.3, 0.4) is 0 Å². The molecule has 0 aromatic rings. The summed E-state index contributed by atoms with van der Waals surface area (Å²) in [6.07, 6.45) is 1.19. The Balaban J connectivity index is 3.77. The van der Waals surface area contributed by atoms with Gasteiger partial charge in [0.1, 0.15) is 0 Å². The van der Waals surface area contributed by atoms with E-state index in [-0.39, 0.29) is 0 Å². The predicted molar refractivity (Wildman–Crippen MR) is 32.3 cm³/mol. The van der Waals surface area contributed by atoms with Crippen LogP contribution in [0.5, 0.6) is 0 Å². The van der Waals surface area contributed by atoms with Gasteiger partial charge in [0, 0.05) is 13.6 Å². The van der Waals surface area contributed by atoms with Crippen molar-refractivity contribution < 1.29 is 9.59 Å². The molecule has 0 aliphatic rings. The van der Waals surface area contributed by atoms with Gasteiger partial charge in [0.05, 0.1) is 0 Å². The second kappa shape index (κ2) is 3.88. The van der Waals surface area contributed by atoms with Gasteiger partial charge in [-0.25, -0.2) is 0 Å². The maximum absolute atomic E-state index is 10.1. The molecule has 2 amide bonds. The maximum Gasteiger partial charge on any atom is 0.228 e. The molecule has 0 rings (SSSR count). The molecule has 4 nitrogen and oxygen atoms in total. The molecule has 0 spiro atoms. The number of carbonyl (C=O) groups is 2. The minimum atomic E-state index is 0.513. The Morgan fingerprint density at radius 2 is 1.89 bits per heavy atom. The normalized spacial score (nSPS) is 8.22. The molecule has 4 heteroatoms. The van der Waals surface area contributed by atoms with Crippen LogP contribution in [0.1, 0.15) is 6.92 Å². The van der Waals surface area contributed by atoms with Gasteiger partial charge >= 0.3 is 0 Å². The van der Waals surface area contributed by atoms with Crippen molar-refractivity contribution in [1.82, 2.24) is 10.0 Å². The van der Waals surface area contributed by atoms with E-state index >= 15 is 0 Å². The lowest BCUT2D eigenvalue weighted by atomic mass is 10.7. The average molecular weight is 130 g/mol. The van der Waals surface area contributed by atoms with E-state index in [0.29, 0.717) is 19.4 Å². The van der Waals surface area contributed by atoms with Crippen molar-refractivity contribution >= 4 is 12.8 Å². The van der Waals surface area contributed by atoms with Crippen LogP contribution >= 0.6 is 0 Å². The third-order valence-corrected chi connectivity index (χ3v) is 1.00. The molecule has 0 aromatic heterocycles. The van der Waals surface area contributed by atoms with Crippen molar-refractivity contribution in [1.29, 1.82) is 0 Å². The van der Waals surface area contributed by atoms with Gasteiger partial charge in [-0.3, -0.25) is 19.6 Å². The Bertz CT molecular complexity index is 105. The summed E-state index contributed by atoms with van der Waals surface area (Å²) in [4.78, 5) is 20.1. The van der Waals surface area contributed by atoms with Gasteiger partial charge in [0.25, 0.3) is 0 Å². The van der Waals surface area contributed by atoms with Crippen LogP contribution in [0, 0.1) is 0 Å². The highest BCUT2D eigenvalue weighted by Crippen LogP contribution is 1.83. The molecule has 9 heavy (non-hydrogen) atoms. The van der Waals surface area contributed by atoms with Crippen LogP contribution in [0.4, 0.5) is 0 Å². The number of nitrogens with zero attached hydrogens (tertiary/aromatic N) is 2. The first kappa shape index (κ1) is 7.94. The summed E-state index contributed by atoms with van der Waals surface area (Å²) in [5, 5.41) is 2.44. The monoisotopic (exact) mass is 130 g/mol. The third kappa shape index (κ3) is 2.12. The van der Waals surface area contributed by atoms with Gasteiger partial charge < -0.3 is 0 Å². The fraction of sp³-hybridized carbons (Fsp3) is 0.600. The van der Waals surface area contributed by atoms with Crippen LogP contribution in [-0.2, 0) is 9.59 Å². The molecule has 0 atom stereocenters. The molecule has 0 aromatic carbocycles. The van der Waals surface area contributed by atoms with Gasteiger partial charge in [-0.1, -0.05) is 0 Å². The molecule has 0 radical (unpaired) electrons. The molecule has 0 unspecified atom stereocenters. The summed E-state index contributed by atoms with van der Waals surface area (Å²) in [5.74, 6) is 0. The topological polar surface area (TPSA) is 40.6 Å². The Morgan fingerprint density at radius 3 is 2.00 bits per heavy atom. The molecular weight excluding hydrogens is 120 g/mol. The smallest absolute Gasteiger partial charge is 0.228 e. The van der Waals surface area contributed by atoms with Crippen molar-refractivity contribution in [2.45, 2.75) is 6.92 Å². The van der Waals surface area contributed by atoms with Crippen molar-refractivity contribution in [3.05, 3.63) is 0 Å².